The number of nitro groups is 1. The Balaban J connectivity index is 1.97. The second-order valence-corrected chi connectivity index (χ2v) is 6.68. The molecule has 0 bridgehead atoms. The van der Waals surface area contributed by atoms with Gasteiger partial charge in [-0.25, -0.2) is 0 Å². The van der Waals surface area contributed by atoms with E-state index in [1.54, 1.807) is 0 Å². The van der Waals surface area contributed by atoms with Gasteiger partial charge in [0.1, 0.15) is 6.61 Å². The van der Waals surface area contributed by atoms with Gasteiger partial charge in [-0.2, -0.15) is 5.26 Å². The number of methoxy groups -OCH3 is 1. The van der Waals surface area contributed by atoms with Gasteiger partial charge in [0.15, 0.2) is 11.5 Å². The second kappa shape index (κ2) is 9.95. The number of ether oxygens (including phenoxy) is 2. The highest BCUT2D eigenvalue weighted by Gasteiger charge is 2.27. The first-order valence-corrected chi connectivity index (χ1v) is 9.43. The van der Waals surface area contributed by atoms with E-state index in [1.165, 1.54) is 37.4 Å². The van der Waals surface area contributed by atoms with Crippen molar-refractivity contribution in [2.45, 2.75) is 12.6 Å². The third kappa shape index (κ3) is 5.12. The Morgan fingerprint density at radius 1 is 1.12 bits per heavy atom. The SMILES string of the molecule is COc1cc(C(Nc2ccc(C#N)cc2)C(=O)[O-])c([N+](=O)[O-])cc1OCc1ccccc1. The average Bonchev–Trinajstić information content (AvgIpc) is 2.81. The Morgan fingerprint density at radius 3 is 2.38 bits per heavy atom. The molecule has 1 atom stereocenters. The van der Waals surface area contributed by atoms with Gasteiger partial charge in [-0.1, -0.05) is 30.3 Å². The normalized spacial score (nSPS) is 11.1. The van der Waals surface area contributed by atoms with Crippen LogP contribution in [0.5, 0.6) is 11.5 Å². The molecule has 0 saturated carbocycles. The minimum atomic E-state index is -1.57. The van der Waals surface area contributed by atoms with Crippen LogP contribution in [-0.4, -0.2) is 18.0 Å². The number of nitro benzene ring substituents is 1. The van der Waals surface area contributed by atoms with E-state index in [0.29, 0.717) is 11.3 Å². The van der Waals surface area contributed by atoms with Crippen LogP contribution in [0.1, 0.15) is 22.7 Å². The summed E-state index contributed by atoms with van der Waals surface area (Å²) in [6.07, 6.45) is 0. The number of carboxylic acids is 1. The highest BCUT2D eigenvalue weighted by atomic mass is 16.6. The summed E-state index contributed by atoms with van der Waals surface area (Å²) in [6, 6.07) is 17.9. The minimum absolute atomic E-state index is 0.0993. The number of nitrogens with one attached hydrogen (secondary N) is 1. The summed E-state index contributed by atoms with van der Waals surface area (Å²) in [5.41, 5.74) is 0.938. The largest absolute Gasteiger partial charge is 0.548 e. The van der Waals surface area contributed by atoms with Crippen LogP contribution in [0.2, 0.25) is 0 Å². The maximum atomic E-state index is 11.9. The van der Waals surface area contributed by atoms with Crippen molar-refractivity contribution in [2.24, 2.45) is 0 Å². The molecule has 9 heteroatoms. The van der Waals surface area contributed by atoms with E-state index in [9.17, 15) is 20.0 Å². The number of hydrogen-bond acceptors (Lipinski definition) is 8. The first-order chi connectivity index (χ1) is 15.4. The standard InChI is InChI=1S/C23H19N3O6/c1-31-20-11-18(22(23(27)28)25-17-9-7-15(13-24)8-10-17)19(26(29)30)12-21(20)32-14-16-5-3-2-4-6-16/h2-12,22,25H,14H2,1H3,(H,27,28)/p-1. The van der Waals surface area contributed by atoms with Crippen molar-refractivity contribution >= 4 is 17.3 Å². The second-order valence-electron chi connectivity index (χ2n) is 6.68. The zero-order valence-corrected chi connectivity index (χ0v) is 17.0. The number of hydrogen-bond donors (Lipinski definition) is 1. The molecule has 1 unspecified atom stereocenters. The topological polar surface area (TPSA) is 138 Å². The third-order valence-corrected chi connectivity index (χ3v) is 4.62. The van der Waals surface area contributed by atoms with Crippen LogP contribution in [0.3, 0.4) is 0 Å². The number of carboxylic acid groups (broad SMARTS) is 1. The van der Waals surface area contributed by atoms with Crippen LogP contribution in [-0.2, 0) is 11.4 Å². The number of nitrogens with zero attached hydrogens (tertiary/aromatic N) is 2. The molecular formula is C23H18N3O6-. The van der Waals surface area contributed by atoms with Gasteiger partial charge in [0.05, 0.1) is 47.3 Å². The van der Waals surface area contributed by atoms with E-state index in [4.69, 9.17) is 14.7 Å². The minimum Gasteiger partial charge on any atom is -0.548 e. The molecule has 0 aromatic heterocycles. The predicted molar refractivity (Wildman–Crippen MR) is 113 cm³/mol. The quantitative estimate of drug-likeness (QED) is 0.402. The first kappa shape index (κ1) is 22.1. The fraction of sp³-hybridized carbons (Fsp3) is 0.130. The molecule has 0 fully saturated rings. The van der Waals surface area contributed by atoms with Gasteiger partial charge < -0.3 is 24.7 Å². The van der Waals surface area contributed by atoms with E-state index in [2.05, 4.69) is 5.32 Å². The molecular weight excluding hydrogens is 414 g/mol. The van der Waals surface area contributed by atoms with Gasteiger partial charge in [-0.05, 0) is 35.9 Å². The van der Waals surface area contributed by atoms with E-state index in [-0.39, 0.29) is 23.7 Å². The molecule has 0 heterocycles. The molecule has 0 aliphatic heterocycles. The summed E-state index contributed by atoms with van der Waals surface area (Å²) in [6.45, 7) is 0.140. The fourth-order valence-electron chi connectivity index (χ4n) is 3.03. The molecule has 0 radical (unpaired) electrons. The number of nitriles is 1. The molecule has 3 aromatic carbocycles. The molecule has 32 heavy (non-hydrogen) atoms. The van der Waals surface area contributed by atoms with Crippen molar-refractivity contribution in [3.05, 3.63) is 93.5 Å². The Bertz CT molecular complexity index is 1160. The lowest BCUT2D eigenvalue weighted by Crippen LogP contribution is -2.34. The molecule has 0 saturated heterocycles. The van der Waals surface area contributed by atoms with Gasteiger partial charge in [-0.15, -0.1) is 0 Å². The lowest BCUT2D eigenvalue weighted by atomic mass is 10.0. The lowest BCUT2D eigenvalue weighted by Gasteiger charge is -2.22. The Labute approximate surface area is 183 Å². The summed E-state index contributed by atoms with van der Waals surface area (Å²) in [5, 5.41) is 35.2. The smallest absolute Gasteiger partial charge is 0.279 e. The Morgan fingerprint density at radius 2 is 1.81 bits per heavy atom. The molecule has 0 aliphatic rings. The summed E-state index contributed by atoms with van der Waals surface area (Å²) in [7, 11) is 1.35. The number of anilines is 1. The molecule has 0 aliphatic carbocycles. The van der Waals surface area contributed by atoms with E-state index >= 15 is 0 Å². The zero-order chi connectivity index (χ0) is 23.1. The summed E-state index contributed by atoms with van der Waals surface area (Å²) in [4.78, 5) is 22.9. The lowest BCUT2D eigenvalue weighted by molar-refractivity contribution is -0.386. The predicted octanol–water partition coefficient (Wildman–Crippen LogP) is 2.96. The van der Waals surface area contributed by atoms with Gasteiger partial charge in [0, 0.05) is 5.69 Å². The molecule has 0 spiro atoms. The van der Waals surface area contributed by atoms with Crippen LogP contribution in [0.4, 0.5) is 11.4 Å². The van der Waals surface area contributed by atoms with Crippen LogP contribution < -0.4 is 19.9 Å². The van der Waals surface area contributed by atoms with E-state index < -0.39 is 22.6 Å². The van der Waals surface area contributed by atoms with Gasteiger partial charge >= 0.3 is 0 Å². The van der Waals surface area contributed by atoms with Crippen LogP contribution >= 0.6 is 0 Å². The average molecular weight is 432 g/mol. The van der Waals surface area contributed by atoms with Crippen LogP contribution in [0.25, 0.3) is 0 Å². The highest BCUT2D eigenvalue weighted by Crippen LogP contribution is 2.38. The maximum absolute atomic E-state index is 11.9. The van der Waals surface area contributed by atoms with Gasteiger partial charge in [0.25, 0.3) is 5.69 Å². The van der Waals surface area contributed by atoms with Crippen LogP contribution in [0.15, 0.2) is 66.7 Å². The van der Waals surface area contributed by atoms with Crippen molar-refractivity contribution in [1.29, 1.82) is 5.26 Å². The van der Waals surface area contributed by atoms with Crippen molar-refractivity contribution in [1.82, 2.24) is 0 Å². The first-order valence-electron chi connectivity index (χ1n) is 9.43. The Hall–Kier alpha value is -4.58. The highest BCUT2D eigenvalue weighted by molar-refractivity contribution is 5.80. The van der Waals surface area contributed by atoms with Crippen molar-refractivity contribution < 1.29 is 24.3 Å². The summed E-state index contributed by atoms with van der Waals surface area (Å²) < 4.78 is 11.0. The molecule has 9 nitrogen and oxygen atoms in total. The molecule has 3 rings (SSSR count). The molecule has 0 amide bonds. The van der Waals surface area contributed by atoms with Crippen LogP contribution in [0, 0.1) is 21.4 Å². The van der Waals surface area contributed by atoms with Crippen molar-refractivity contribution in [2.75, 3.05) is 12.4 Å². The van der Waals surface area contributed by atoms with Gasteiger partial charge in [-0.3, -0.25) is 10.1 Å². The number of benzene rings is 3. The maximum Gasteiger partial charge on any atom is 0.279 e. The number of carbonyl (C=O) groups is 1. The molecule has 3 aromatic rings. The van der Waals surface area contributed by atoms with E-state index in [1.807, 2.05) is 36.4 Å². The fourth-order valence-corrected chi connectivity index (χ4v) is 3.03. The summed E-state index contributed by atoms with van der Waals surface area (Å²) >= 11 is 0. The number of carbonyl (C=O) groups excluding carboxylic acids is 1. The molecule has 162 valence electrons. The Kier molecular flexibility index (Phi) is 6.88. The monoisotopic (exact) mass is 432 g/mol. The number of rotatable bonds is 9. The molecule has 1 N–H and O–H groups in total. The van der Waals surface area contributed by atoms with Crippen molar-refractivity contribution in [3.8, 4) is 17.6 Å². The third-order valence-electron chi connectivity index (χ3n) is 4.62. The van der Waals surface area contributed by atoms with Crippen molar-refractivity contribution in [3.63, 3.8) is 0 Å². The zero-order valence-electron chi connectivity index (χ0n) is 17.0. The van der Waals surface area contributed by atoms with E-state index in [0.717, 1.165) is 11.6 Å². The van der Waals surface area contributed by atoms with Gasteiger partial charge in [0.2, 0.25) is 0 Å². The summed E-state index contributed by atoms with van der Waals surface area (Å²) in [5.74, 6) is -1.34. The number of aliphatic carboxylic acids is 1.